The number of nitrogens with zero attached hydrogens (tertiary/aromatic N) is 1. The second-order valence-corrected chi connectivity index (χ2v) is 9.84. The molecule has 1 amide bonds. The molecule has 0 saturated carbocycles. The maximum absolute atomic E-state index is 12.8. The normalized spacial score (nSPS) is 11.1. The monoisotopic (exact) mass is 440 g/mol. The molecule has 3 aromatic rings. The van der Waals surface area contributed by atoms with E-state index >= 15 is 0 Å². The second kappa shape index (κ2) is 9.82. The first-order valence-electron chi connectivity index (χ1n) is 9.50. The summed E-state index contributed by atoms with van der Waals surface area (Å²) >= 11 is 1.68. The first-order valence-corrected chi connectivity index (χ1v) is 11.9. The van der Waals surface area contributed by atoms with Gasteiger partial charge in [-0.1, -0.05) is 36.4 Å². The van der Waals surface area contributed by atoms with Gasteiger partial charge in [0.15, 0.2) is 0 Å². The van der Waals surface area contributed by atoms with Crippen molar-refractivity contribution in [2.24, 2.45) is 0 Å². The zero-order valence-corrected chi connectivity index (χ0v) is 18.5. The van der Waals surface area contributed by atoms with Crippen LogP contribution in [0, 0.1) is 6.92 Å². The highest BCUT2D eigenvalue weighted by atomic mass is 32.2. The molecule has 156 valence electrons. The van der Waals surface area contributed by atoms with Gasteiger partial charge in [0.2, 0.25) is 0 Å². The van der Waals surface area contributed by atoms with E-state index in [0.29, 0.717) is 23.4 Å². The lowest BCUT2D eigenvalue weighted by Gasteiger charge is -2.22. The average molecular weight is 441 g/mol. The third-order valence-corrected chi connectivity index (χ3v) is 7.40. The van der Waals surface area contributed by atoms with Crippen molar-refractivity contribution in [3.63, 3.8) is 0 Å². The van der Waals surface area contributed by atoms with Crippen molar-refractivity contribution in [3.05, 3.63) is 90.0 Å². The van der Waals surface area contributed by atoms with Gasteiger partial charge in [0.25, 0.3) is 15.9 Å². The predicted molar refractivity (Wildman–Crippen MR) is 123 cm³/mol. The highest BCUT2D eigenvalue weighted by Gasteiger charge is 2.22. The van der Waals surface area contributed by atoms with Crippen LogP contribution >= 0.6 is 11.8 Å². The van der Waals surface area contributed by atoms with Crippen LogP contribution in [-0.4, -0.2) is 33.7 Å². The minimum absolute atomic E-state index is 0.174. The molecule has 1 N–H and O–H groups in total. The van der Waals surface area contributed by atoms with Gasteiger partial charge < -0.3 is 5.32 Å². The molecular formula is C23H24N2O3S2. The Morgan fingerprint density at radius 3 is 2.23 bits per heavy atom. The number of carbonyl (C=O) groups is 1. The molecule has 0 aliphatic heterocycles. The fourth-order valence-corrected chi connectivity index (χ4v) is 5.05. The molecule has 3 aromatic carbocycles. The van der Waals surface area contributed by atoms with Gasteiger partial charge in [-0.05, 0) is 55.0 Å². The minimum atomic E-state index is -3.66. The van der Waals surface area contributed by atoms with Crippen molar-refractivity contribution in [1.82, 2.24) is 5.32 Å². The van der Waals surface area contributed by atoms with Crippen molar-refractivity contribution in [1.29, 1.82) is 0 Å². The van der Waals surface area contributed by atoms with Gasteiger partial charge in [-0.25, -0.2) is 8.42 Å². The molecule has 0 aliphatic rings. The number of rotatable bonds is 8. The van der Waals surface area contributed by atoms with Crippen LogP contribution in [-0.2, 0) is 10.0 Å². The van der Waals surface area contributed by atoms with Gasteiger partial charge in [-0.15, -0.1) is 11.8 Å². The summed E-state index contributed by atoms with van der Waals surface area (Å²) in [4.78, 5) is 13.8. The minimum Gasteiger partial charge on any atom is -0.351 e. The Balaban J connectivity index is 1.63. The molecule has 0 radical (unpaired) electrons. The van der Waals surface area contributed by atoms with Crippen molar-refractivity contribution < 1.29 is 13.2 Å². The molecule has 3 rings (SSSR count). The SMILES string of the molecule is Cc1cc(C(=O)NCCSc2ccccc2)ccc1N(C)S(=O)(=O)c1ccccc1. The first kappa shape index (κ1) is 21.9. The van der Waals surface area contributed by atoms with Crippen LogP contribution in [0.15, 0.2) is 88.7 Å². The molecule has 0 bridgehead atoms. The van der Waals surface area contributed by atoms with E-state index in [9.17, 15) is 13.2 Å². The van der Waals surface area contributed by atoms with Gasteiger partial charge >= 0.3 is 0 Å². The topological polar surface area (TPSA) is 66.5 Å². The maximum Gasteiger partial charge on any atom is 0.264 e. The van der Waals surface area contributed by atoms with Crippen LogP contribution < -0.4 is 9.62 Å². The first-order chi connectivity index (χ1) is 14.4. The van der Waals surface area contributed by atoms with Gasteiger partial charge in [0, 0.05) is 29.8 Å². The number of hydrogen-bond acceptors (Lipinski definition) is 4. The molecule has 0 aromatic heterocycles. The second-order valence-electron chi connectivity index (χ2n) is 6.70. The molecule has 0 unspecified atom stereocenters. The number of benzene rings is 3. The summed E-state index contributed by atoms with van der Waals surface area (Å²) in [5.41, 5.74) is 1.75. The van der Waals surface area contributed by atoms with E-state index in [1.165, 1.54) is 11.4 Å². The van der Waals surface area contributed by atoms with Crippen LogP contribution in [0.4, 0.5) is 5.69 Å². The lowest BCUT2D eigenvalue weighted by molar-refractivity contribution is 0.0956. The Bertz CT molecular complexity index is 1100. The molecule has 0 saturated heterocycles. The Hall–Kier alpha value is -2.77. The molecule has 0 atom stereocenters. The Kier molecular flexibility index (Phi) is 7.18. The van der Waals surface area contributed by atoms with E-state index in [0.717, 1.165) is 10.6 Å². The van der Waals surface area contributed by atoms with Crippen LogP contribution in [0.5, 0.6) is 0 Å². The lowest BCUT2D eigenvalue weighted by atomic mass is 10.1. The van der Waals surface area contributed by atoms with E-state index in [4.69, 9.17) is 0 Å². The smallest absolute Gasteiger partial charge is 0.264 e. The largest absolute Gasteiger partial charge is 0.351 e. The highest BCUT2D eigenvalue weighted by molar-refractivity contribution is 7.99. The zero-order valence-electron chi connectivity index (χ0n) is 16.9. The molecule has 0 fully saturated rings. The van der Waals surface area contributed by atoms with Gasteiger partial charge in [-0.2, -0.15) is 0 Å². The summed E-state index contributed by atoms with van der Waals surface area (Å²) in [6.45, 7) is 2.34. The Morgan fingerprint density at radius 2 is 1.60 bits per heavy atom. The van der Waals surface area contributed by atoms with Crippen LogP contribution in [0.25, 0.3) is 0 Å². The van der Waals surface area contributed by atoms with Crippen molar-refractivity contribution in [3.8, 4) is 0 Å². The van der Waals surface area contributed by atoms with Crippen molar-refractivity contribution in [2.45, 2.75) is 16.7 Å². The summed E-state index contributed by atoms with van der Waals surface area (Å²) in [7, 11) is -2.14. The number of thioether (sulfide) groups is 1. The van der Waals surface area contributed by atoms with Gasteiger partial charge in [0.05, 0.1) is 10.6 Å². The van der Waals surface area contributed by atoms with Crippen molar-refractivity contribution in [2.75, 3.05) is 23.7 Å². The summed E-state index contributed by atoms with van der Waals surface area (Å²) in [5, 5.41) is 2.91. The van der Waals surface area contributed by atoms with Crippen molar-refractivity contribution >= 4 is 33.4 Å². The summed E-state index contributed by atoms with van der Waals surface area (Å²) in [6, 6.07) is 23.3. The molecule has 0 spiro atoms. The third-order valence-electron chi connectivity index (χ3n) is 4.60. The highest BCUT2D eigenvalue weighted by Crippen LogP contribution is 2.26. The molecular weight excluding hydrogens is 416 g/mol. The maximum atomic E-state index is 12.8. The van der Waals surface area contributed by atoms with E-state index < -0.39 is 10.0 Å². The molecule has 0 aliphatic carbocycles. The molecule has 5 nitrogen and oxygen atoms in total. The van der Waals surface area contributed by atoms with Crippen LogP contribution in [0.2, 0.25) is 0 Å². The van der Waals surface area contributed by atoms with E-state index in [1.807, 2.05) is 30.3 Å². The molecule has 0 heterocycles. The number of nitrogens with one attached hydrogen (secondary N) is 1. The Labute approximate surface area is 182 Å². The van der Waals surface area contributed by atoms with E-state index in [1.54, 1.807) is 67.2 Å². The predicted octanol–water partition coefficient (Wildman–Crippen LogP) is 4.34. The fourth-order valence-electron chi connectivity index (χ4n) is 2.98. The number of amides is 1. The number of hydrogen-bond donors (Lipinski definition) is 1. The van der Waals surface area contributed by atoms with Gasteiger partial charge in [-0.3, -0.25) is 9.10 Å². The average Bonchev–Trinajstić information content (AvgIpc) is 2.77. The fraction of sp³-hybridized carbons (Fsp3) is 0.174. The zero-order chi connectivity index (χ0) is 21.6. The van der Waals surface area contributed by atoms with Crippen LogP contribution in [0.3, 0.4) is 0 Å². The number of sulfonamides is 1. The number of carbonyl (C=O) groups excluding carboxylic acids is 1. The lowest BCUT2D eigenvalue weighted by Crippen LogP contribution is -2.28. The van der Waals surface area contributed by atoms with Gasteiger partial charge in [0.1, 0.15) is 0 Å². The Morgan fingerprint density at radius 1 is 0.967 bits per heavy atom. The number of anilines is 1. The quantitative estimate of drug-likeness (QED) is 0.418. The van der Waals surface area contributed by atoms with E-state index in [-0.39, 0.29) is 10.8 Å². The molecule has 7 heteroatoms. The van der Waals surface area contributed by atoms with E-state index in [2.05, 4.69) is 5.32 Å². The third kappa shape index (κ3) is 5.23. The standard InChI is InChI=1S/C23H24N2O3S2/c1-18-17-19(23(26)24-15-16-29-20-9-5-3-6-10-20)13-14-22(18)25(2)30(27,28)21-11-7-4-8-12-21/h3-14,17H,15-16H2,1-2H3,(H,24,26). The summed E-state index contributed by atoms with van der Waals surface area (Å²) < 4.78 is 26.9. The molecule has 30 heavy (non-hydrogen) atoms. The summed E-state index contributed by atoms with van der Waals surface area (Å²) in [6.07, 6.45) is 0. The van der Waals surface area contributed by atoms with Crippen LogP contribution in [0.1, 0.15) is 15.9 Å². The summed E-state index contributed by atoms with van der Waals surface area (Å²) in [5.74, 6) is 0.595. The number of aryl methyl sites for hydroxylation is 1.